The number of halogens is 1. The third-order valence-corrected chi connectivity index (χ3v) is 5.14. The Balaban J connectivity index is 1.31. The molecule has 186 valence electrons. The summed E-state index contributed by atoms with van der Waals surface area (Å²) in [7, 11) is 0. The molecule has 0 bridgehead atoms. The van der Waals surface area contributed by atoms with Gasteiger partial charge in [-0.25, -0.2) is 19.0 Å². The normalized spacial score (nSPS) is 13.0. The van der Waals surface area contributed by atoms with Crippen LogP contribution in [-0.2, 0) is 16.0 Å². The summed E-state index contributed by atoms with van der Waals surface area (Å²) in [6.07, 6.45) is 1.46. The van der Waals surface area contributed by atoms with E-state index in [1.807, 2.05) is 6.07 Å². The van der Waals surface area contributed by atoms with Crippen LogP contribution in [0.3, 0.4) is 0 Å². The molecule has 1 fully saturated rings. The Morgan fingerprint density at radius 3 is 2.53 bits per heavy atom. The average Bonchev–Trinajstić information content (AvgIpc) is 2.87. The number of benzene rings is 2. The van der Waals surface area contributed by atoms with Gasteiger partial charge in [0.1, 0.15) is 11.6 Å². The van der Waals surface area contributed by atoms with Crippen molar-refractivity contribution >= 4 is 29.5 Å². The van der Waals surface area contributed by atoms with E-state index >= 15 is 0 Å². The number of nitrogens with one attached hydrogen (secondary N) is 3. The van der Waals surface area contributed by atoms with Crippen molar-refractivity contribution in [2.45, 2.75) is 6.42 Å². The Kier molecular flexibility index (Phi) is 8.04. The van der Waals surface area contributed by atoms with E-state index in [0.717, 1.165) is 11.6 Å². The lowest BCUT2D eigenvalue weighted by Crippen LogP contribution is -2.43. The molecule has 2 aromatic carbocycles. The lowest BCUT2D eigenvalue weighted by Gasteiger charge is -2.26. The van der Waals surface area contributed by atoms with Crippen LogP contribution in [0.1, 0.15) is 5.56 Å². The molecule has 36 heavy (non-hydrogen) atoms. The van der Waals surface area contributed by atoms with Gasteiger partial charge in [0, 0.05) is 37.1 Å². The number of anilines is 2. The number of rotatable bonds is 6. The van der Waals surface area contributed by atoms with Gasteiger partial charge in [0.2, 0.25) is 5.91 Å². The van der Waals surface area contributed by atoms with Crippen LogP contribution in [-0.4, -0.2) is 54.2 Å². The number of ether oxygens (including phenoxy) is 2. The zero-order chi connectivity index (χ0) is 25.3. The SMILES string of the molecule is O=C(Cc1ccccc1)NC(=O)Nc1ccc(Oc2ccnc(NC(=O)N3CCOCC3)c2)c(F)c1. The fourth-order valence-electron chi connectivity index (χ4n) is 3.40. The van der Waals surface area contributed by atoms with E-state index in [2.05, 4.69) is 20.9 Å². The van der Waals surface area contributed by atoms with Gasteiger partial charge in [-0.2, -0.15) is 0 Å². The van der Waals surface area contributed by atoms with Crippen LogP contribution in [0.5, 0.6) is 11.5 Å². The highest BCUT2D eigenvalue weighted by Gasteiger charge is 2.17. The monoisotopic (exact) mass is 493 g/mol. The first-order valence-electron chi connectivity index (χ1n) is 11.2. The van der Waals surface area contributed by atoms with Crippen molar-refractivity contribution in [2.75, 3.05) is 36.9 Å². The van der Waals surface area contributed by atoms with Crippen LogP contribution in [0.2, 0.25) is 0 Å². The lowest BCUT2D eigenvalue weighted by atomic mass is 10.1. The summed E-state index contributed by atoms with van der Waals surface area (Å²) in [6.45, 7) is 1.90. The number of aromatic nitrogens is 1. The Labute approximate surface area is 206 Å². The predicted molar refractivity (Wildman–Crippen MR) is 129 cm³/mol. The second-order valence-electron chi connectivity index (χ2n) is 7.82. The Morgan fingerprint density at radius 1 is 1.00 bits per heavy atom. The number of carbonyl (C=O) groups excluding carboxylic acids is 3. The minimum Gasteiger partial charge on any atom is -0.454 e. The van der Waals surface area contributed by atoms with E-state index in [1.54, 1.807) is 29.2 Å². The fraction of sp³-hybridized carbons (Fsp3) is 0.200. The number of hydrogen-bond donors (Lipinski definition) is 3. The number of pyridine rings is 1. The molecular weight excluding hydrogens is 469 g/mol. The molecule has 3 aromatic rings. The number of hydrogen-bond acceptors (Lipinski definition) is 6. The molecule has 0 unspecified atom stereocenters. The number of urea groups is 2. The fourth-order valence-corrected chi connectivity index (χ4v) is 3.40. The van der Waals surface area contributed by atoms with Crippen molar-refractivity contribution in [1.82, 2.24) is 15.2 Å². The summed E-state index contributed by atoms with van der Waals surface area (Å²) in [4.78, 5) is 42.1. The molecule has 1 saturated heterocycles. The van der Waals surface area contributed by atoms with Crippen LogP contribution in [0.25, 0.3) is 0 Å². The molecule has 0 spiro atoms. The number of nitrogens with zero attached hydrogens (tertiary/aromatic N) is 2. The van der Waals surface area contributed by atoms with Gasteiger partial charge in [0.05, 0.1) is 19.6 Å². The first-order chi connectivity index (χ1) is 17.5. The Hall–Kier alpha value is -4.51. The largest absolute Gasteiger partial charge is 0.454 e. The number of carbonyl (C=O) groups is 3. The highest BCUT2D eigenvalue weighted by molar-refractivity contribution is 6.01. The molecule has 1 aliphatic rings. The molecule has 0 saturated carbocycles. The van der Waals surface area contributed by atoms with E-state index in [1.165, 1.54) is 30.5 Å². The van der Waals surface area contributed by atoms with Gasteiger partial charge in [-0.05, 0) is 23.8 Å². The molecule has 0 radical (unpaired) electrons. The zero-order valence-corrected chi connectivity index (χ0v) is 19.2. The summed E-state index contributed by atoms with van der Waals surface area (Å²) in [5.74, 6) is -0.823. The van der Waals surface area contributed by atoms with Crippen molar-refractivity contribution in [3.63, 3.8) is 0 Å². The van der Waals surface area contributed by atoms with Crippen molar-refractivity contribution in [3.05, 3.63) is 78.2 Å². The zero-order valence-electron chi connectivity index (χ0n) is 19.2. The van der Waals surface area contributed by atoms with Crippen molar-refractivity contribution in [2.24, 2.45) is 0 Å². The topological polar surface area (TPSA) is 122 Å². The summed E-state index contributed by atoms with van der Waals surface area (Å²) >= 11 is 0. The van der Waals surface area contributed by atoms with Crippen LogP contribution in [0.4, 0.5) is 25.5 Å². The van der Waals surface area contributed by atoms with Gasteiger partial charge >= 0.3 is 12.1 Å². The molecule has 1 aliphatic heterocycles. The molecule has 4 rings (SSSR count). The molecule has 10 nitrogen and oxygen atoms in total. The second-order valence-corrected chi connectivity index (χ2v) is 7.82. The third kappa shape index (κ3) is 7.00. The molecule has 1 aromatic heterocycles. The summed E-state index contributed by atoms with van der Waals surface area (Å²) < 4.78 is 25.4. The maximum Gasteiger partial charge on any atom is 0.325 e. The summed E-state index contributed by atoms with van der Waals surface area (Å²) in [5, 5.41) is 7.30. The minimum atomic E-state index is -0.779. The van der Waals surface area contributed by atoms with Crippen molar-refractivity contribution in [1.29, 1.82) is 0 Å². The highest BCUT2D eigenvalue weighted by atomic mass is 19.1. The van der Waals surface area contributed by atoms with E-state index in [0.29, 0.717) is 26.3 Å². The number of amides is 5. The highest BCUT2D eigenvalue weighted by Crippen LogP contribution is 2.27. The van der Waals surface area contributed by atoms with E-state index in [4.69, 9.17) is 9.47 Å². The van der Waals surface area contributed by atoms with E-state index in [9.17, 15) is 18.8 Å². The molecule has 0 aliphatic carbocycles. The second kappa shape index (κ2) is 11.8. The van der Waals surface area contributed by atoms with Crippen LogP contribution in [0, 0.1) is 5.82 Å². The maximum absolute atomic E-state index is 14.6. The van der Waals surface area contributed by atoms with Crippen LogP contribution < -0.4 is 20.7 Å². The summed E-state index contributed by atoms with van der Waals surface area (Å²) in [5.41, 5.74) is 0.897. The van der Waals surface area contributed by atoms with Crippen LogP contribution in [0.15, 0.2) is 66.9 Å². The molecule has 3 N–H and O–H groups in total. The first kappa shape index (κ1) is 24.6. The van der Waals surface area contributed by atoms with Gasteiger partial charge in [-0.1, -0.05) is 30.3 Å². The first-order valence-corrected chi connectivity index (χ1v) is 11.2. The number of morpholine rings is 1. The van der Waals surface area contributed by atoms with Crippen molar-refractivity contribution < 1.29 is 28.2 Å². The smallest absolute Gasteiger partial charge is 0.325 e. The van der Waals surface area contributed by atoms with Gasteiger partial charge in [0.25, 0.3) is 0 Å². The van der Waals surface area contributed by atoms with Gasteiger partial charge in [-0.3, -0.25) is 15.4 Å². The van der Waals surface area contributed by atoms with Crippen molar-refractivity contribution in [3.8, 4) is 11.5 Å². The molecular formula is C25H24FN5O5. The predicted octanol–water partition coefficient (Wildman–Crippen LogP) is 3.77. The molecule has 0 atom stereocenters. The minimum absolute atomic E-state index is 0.0379. The lowest BCUT2D eigenvalue weighted by molar-refractivity contribution is -0.119. The van der Waals surface area contributed by atoms with Gasteiger partial charge < -0.3 is 19.7 Å². The standard InChI is InChI=1S/C25H24FN5O5/c26-20-15-18(28-24(33)30-23(32)14-17-4-2-1-3-5-17)6-7-21(20)36-19-8-9-27-22(16-19)29-25(34)31-10-12-35-13-11-31/h1-9,15-16H,10-14H2,(H,27,29,34)(H2,28,30,32,33). The van der Waals surface area contributed by atoms with Gasteiger partial charge in [0.15, 0.2) is 11.6 Å². The summed E-state index contributed by atoms with van der Waals surface area (Å²) in [6, 6.07) is 14.7. The average molecular weight is 493 g/mol. The Bertz CT molecular complexity index is 1230. The number of imide groups is 1. The Morgan fingerprint density at radius 2 is 1.78 bits per heavy atom. The molecule has 11 heteroatoms. The van der Waals surface area contributed by atoms with Crippen LogP contribution >= 0.6 is 0 Å². The molecule has 2 heterocycles. The molecule has 5 amide bonds. The van der Waals surface area contributed by atoms with Gasteiger partial charge in [-0.15, -0.1) is 0 Å². The third-order valence-electron chi connectivity index (χ3n) is 5.14. The van der Waals surface area contributed by atoms with E-state index in [-0.39, 0.29) is 35.5 Å². The maximum atomic E-state index is 14.6. The van der Waals surface area contributed by atoms with E-state index < -0.39 is 17.8 Å². The quantitative estimate of drug-likeness (QED) is 0.481.